The van der Waals surface area contributed by atoms with Crippen LogP contribution in [0.1, 0.15) is 24.2 Å². The Kier molecular flexibility index (Phi) is 4.31. The zero-order valence-electron chi connectivity index (χ0n) is 10.1. The first-order valence-corrected chi connectivity index (χ1v) is 6.85. The van der Waals surface area contributed by atoms with E-state index in [-0.39, 0.29) is 4.90 Å². The highest BCUT2D eigenvalue weighted by Gasteiger charge is 2.23. The van der Waals surface area contributed by atoms with Gasteiger partial charge in [0.2, 0.25) is 10.0 Å². The summed E-state index contributed by atoms with van der Waals surface area (Å²) in [6.45, 7) is 3.98. The highest BCUT2D eigenvalue weighted by atomic mass is 32.2. The molecule has 6 nitrogen and oxygen atoms in total. The summed E-state index contributed by atoms with van der Waals surface area (Å²) in [5.41, 5.74) is -0.428. The number of phenols is 1. The summed E-state index contributed by atoms with van der Waals surface area (Å²) in [6.07, 6.45) is 0. The molecule has 18 heavy (non-hydrogen) atoms. The second kappa shape index (κ2) is 5.36. The second-order valence-corrected chi connectivity index (χ2v) is 5.51. The Balaban J connectivity index is 3.34. The van der Waals surface area contributed by atoms with Crippen LogP contribution in [-0.2, 0) is 10.0 Å². The molecular formula is C11H15NO5S. The Bertz CT molecular complexity index is 549. The van der Waals surface area contributed by atoms with Gasteiger partial charge in [0, 0.05) is 13.1 Å². The molecule has 1 aromatic carbocycles. The lowest BCUT2D eigenvalue weighted by Crippen LogP contribution is -2.30. The normalized spacial score (nSPS) is 11.7. The van der Waals surface area contributed by atoms with Gasteiger partial charge in [-0.25, -0.2) is 13.2 Å². The van der Waals surface area contributed by atoms with Crippen LogP contribution in [0, 0.1) is 0 Å². The maximum absolute atomic E-state index is 12.1. The fraction of sp³-hybridized carbons (Fsp3) is 0.364. The molecule has 0 heterocycles. The largest absolute Gasteiger partial charge is 0.507 e. The van der Waals surface area contributed by atoms with E-state index in [1.165, 1.54) is 10.4 Å². The van der Waals surface area contributed by atoms with Crippen molar-refractivity contribution >= 4 is 16.0 Å². The zero-order chi connectivity index (χ0) is 13.9. The van der Waals surface area contributed by atoms with Gasteiger partial charge >= 0.3 is 5.97 Å². The molecule has 0 aromatic heterocycles. The van der Waals surface area contributed by atoms with Gasteiger partial charge in [-0.3, -0.25) is 0 Å². The molecule has 7 heteroatoms. The number of carbonyl (C=O) groups is 1. The lowest BCUT2D eigenvalue weighted by Gasteiger charge is -2.18. The molecule has 2 N–H and O–H groups in total. The number of aromatic carboxylic acids is 1. The van der Waals surface area contributed by atoms with Crippen molar-refractivity contribution in [3.8, 4) is 5.75 Å². The fourth-order valence-electron chi connectivity index (χ4n) is 1.56. The third-order valence-corrected chi connectivity index (χ3v) is 4.59. The van der Waals surface area contributed by atoms with Gasteiger partial charge in [0.1, 0.15) is 11.3 Å². The number of hydrogen-bond acceptors (Lipinski definition) is 4. The number of rotatable bonds is 5. The van der Waals surface area contributed by atoms with Crippen molar-refractivity contribution in [2.75, 3.05) is 13.1 Å². The molecular weight excluding hydrogens is 258 g/mol. The van der Waals surface area contributed by atoms with Crippen molar-refractivity contribution in [3.63, 3.8) is 0 Å². The quantitative estimate of drug-likeness (QED) is 0.838. The van der Waals surface area contributed by atoms with Crippen LogP contribution in [0.3, 0.4) is 0 Å². The SMILES string of the molecule is CCN(CC)S(=O)(=O)c1ccc(O)c(C(=O)O)c1. The van der Waals surface area contributed by atoms with Crippen LogP contribution in [0.5, 0.6) is 5.75 Å². The maximum Gasteiger partial charge on any atom is 0.339 e. The first-order chi connectivity index (χ1) is 8.34. The molecule has 0 radical (unpaired) electrons. The summed E-state index contributed by atoms with van der Waals surface area (Å²) in [5, 5.41) is 18.2. The first-order valence-electron chi connectivity index (χ1n) is 5.41. The van der Waals surface area contributed by atoms with Crippen LogP contribution in [-0.4, -0.2) is 42.0 Å². The predicted molar refractivity (Wildman–Crippen MR) is 65.2 cm³/mol. The number of sulfonamides is 1. The van der Waals surface area contributed by atoms with Crippen LogP contribution in [0.25, 0.3) is 0 Å². The molecule has 1 aromatic rings. The molecule has 0 amide bonds. The van der Waals surface area contributed by atoms with Gasteiger partial charge in [-0.2, -0.15) is 4.31 Å². The summed E-state index contributed by atoms with van der Waals surface area (Å²) in [5.74, 6) is -1.83. The Labute approximate surface area is 106 Å². The molecule has 1 rings (SSSR count). The van der Waals surface area contributed by atoms with E-state index in [0.717, 1.165) is 12.1 Å². The number of carboxylic acids is 1. The van der Waals surface area contributed by atoms with Crippen molar-refractivity contribution in [1.29, 1.82) is 0 Å². The smallest absolute Gasteiger partial charge is 0.339 e. The Morgan fingerprint density at radius 2 is 1.83 bits per heavy atom. The van der Waals surface area contributed by atoms with E-state index in [9.17, 15) is 18.3 Å². The number of hydrogen-bond donors (Lipinski definition) is 2. The van der Waals surface area contributed by atoms with Gasteiger partial charge in [0.15, 0.2) is 0 Å². The second-order valence-electron chi connectivity index (χ2n) is 3.57. The molecule has 0 saturated heterocycles. The number of carboxylic acid groups (broad SMARTS) is 1. The van der Waals surface area contributed by atoms with Crippen LogP contribution in [0.15, 0.2) is 23.1 Å². The van der Waals surface area contributed by atoms with Crippen molar-refractivity contribution in [2.45, 2.75) is 18.7 Å². The predicted octanol–water partition coefficient (Wildman–Crippen LogP) is 1.12. The average molecular weight is 273 g/mol. The molecule has 0 aliphatic rings. The Morgan fingerprint density at radius 1 is 1.28 bits per heavy atom. The summed E-state index contributed by atoms with van der Waals surface area (Å²) in [6, 6.07) is 3.22. The number of nitrogens with zero attached hydrogens (tertiary/aromatic N) is 1. The summed E-state index contributed by atoms with van der Waals surface area (Å²) in [7, 11) is -3.72. The van der Waals surface area contributed by atoms with Gasteiger partial charge in [-0.15, -0.1) is 0 Å². The van der Waals surface area contributed by atoms with E-state index in [2.05, 4.69) is 0 Å². The monoisotopic (exact) mass is 273 g/mol. The van der Waals surface area contributed by atoms with E-state index in [4.69, 9.17) is 5.11 Å². The van der Waals surface area contributed by atoms with Crippen molar-refractivity contribution in [2.24, 2.45) is 0 Å². The van der Waals surface area contributed by atoms with E-state index in [0.29, 0.717) is 13.1 Å². The summed E-state index contributed by atoms with van der Waals surface area (Å²) < 4.78 is 25.5. The molecule has 100 valence electrons. The van der Waals surface area contributed by atoms with Crippen LogP contribution < -0.4 is 0 Å². The zero-order valence-corrected chi connectivity index (χ0v) is 10.9. The van der Waals surface area contributed by atoms with Crippen molar-refractivity contribution in [1.82, 2.24) is 4.31 Å². The first kappa shape index (κ1) is 14.5. The van der Waals surface area contributed by atoms with E-state index in [1.54, 1.807) is 13.8 Å². The van der Waals surface area contributed by atoms with Gasteiger partial charge in [0.05, 0.1) is 4.90 Å². The van der Waals surface area contributed by atoms with Crippen molar-refractivity contribution in [3.05, 3.63) is 23.8 Å². The molecule has 0 saturated carbocycles. The highest BCUT2D eigenvalue weighted by Crippen LogP contribution is 2.23. The molecule has 0 unspecified atom stereocenters. The van der Waals surface area contributed by atoms with Gasteiger partial charge in [-0.1, -0.05) is 13.8 Å². The maximum atomic E-state index is 12.1. The fourth-order valence-corrected chi connectivity index (χ4v) is 3.04. The highest BCUT2D eigenvalue weighted by molar-refractivity contribution is 7.89. The van der Waals surface area contributed by atoms with E-state index < -0.39 is 27.3 Å². The minimum absolute atomic E-state index is 0.138. The summed E-state index contributed by atoms with van der Waals surface area (Å²) >= 11 is 0. The van der Waals surface area contributed by atoms with Gasteiger partial charge in [0.25, 0.3) is 0 Å². The molecule has 0 aliphatic heterocycles. The van der Waals surface area contributed by atoms with Crippen molar-refractivity contribution < 1.29 is 23.4 Å². The molecule has 0 atom stereocenters. The average Bonchev–Trinajstić information content (AvgIpc) is 2.30. The van der Waals surface area contributed by atoms with E-state index in [1.807, 2.05) is 0 Å². The lowest BCUT2D eigenvalue weighted by molar-refractivity contribution is 0.0693. The molecule has 0 spiro atoms. The number of benzene rings is 1. The summed E-state index contributed by atoms with van der Waals surface area (Å²) in [4.78, 5) is 10.7. The van der Waals surface area contributed by atoms with Gasteiger partial charge in [-0.05, 0) is 18.2 Å². The minimum atomic E-state index is -3.72. The Morgan fingerprint density at radius 3 is 2.28 bits per heavy atom. The van der Waals surface area contributed by atoms with Crippen LogP contribution in [0.4, 0.5) is 0 Å². The number of aromatic hydroxyl groups is 1. The van der Waals surface area contributed by atoms with E-state index >= 15 is 0 Å². The third kappa shape index (κ3) is 2.62. The van der Waals surface area contributed by atoms with Crippen LogP contribution >= 0.6 is 0 Å². The topological polar surface area (TPSA) is 94.9 Å². The third-order valence-electron chi connectivity index (χ3n) is 2.54. The molecule has 0 bridgehead atoms. The standard InChI is InChI=1S/C11H15NO5S/c1-3-12(4-2)18(16,17)8-5-6-10(13)9(7-8)11(14)15/h5-7,13H,3-4H2,1-2H3,(H,14,15). The molecule has 0 fully saturated rings. The lowest BCUT2D eigenvalue weighted by atomic mass is 10.2. The minimum Gasteiger partial charge on any atom is -0.507 e. The van der Waals surface area contributed by atoms with Gasteiger partial charge < -0.3 is 10.2 Å². The molecule has 0 aliphatic carbocycles. The van der Waals surface area contributed by atoms with Crippen LogP contribution in [0.2, 0.25) is 0 Å². The Hall–Kier alpha value is -1.60.